The molecule has 0 aromatic heterocycles. The minimum absolute atomic E-state index is 0.128. The minimum Gasteiger partial charge on any atom is -0.494 e. The molecule has 0 saturated heterocycles. The van der Waals surface area contributed by atoms with Gasteiger partial charge in [-0.15, -0.1) is 0 Å². The van der Waals surface area contributed by atoms with Crippen molar-refractivity contribution in [3.05, 3.63) is 23.8 Å². The molecular weight excluding hydrogens is 196 g/mol. The molecule has 1 aromatic carbocycles. The largest absolute Gasteiger partial charge is 0.494 e. The zero-order valence-electron chi connectivity index (χ0n) is 8.82. The van der Waals surface area contributed by atoms with E-state index < -0.39 is 5.97 Å². The summed E-state index contributed by atoms with van der Waals surface area (Å²) in [5, 5.41) is 8.95. The van der Waals surface area contributed by atoms with Gasteiger partial charge in [0.15, 0.2) is 0 Å². The topological polar surface area (TPSA) is 55.8 Å². The van der Waals surface area contributed by atoms with E-state index in [-0.39, 0.29) is 5.56 Å². The van der Waals surface area contributed by atoms with Gasteiger partial charge in [0.05, 0.1) is 13.2 Å². The van der Waals surface area contributed by atoms with Gasteiger partial charge in [-0.25, -0.2) is 4.79 Å². The van der Waals surface area contributed by atoms with Crippen molar-refractivity contribution >= 4 is 5.97 Å². The average molecular weight is 210 g/mol. The first-order chi connectivity index (χ1) is 7.19. The summed E-state index contributed by atoms with van der Waals surface area (Å²) in [6.45, 7) is 4.60. The molecule has 0 fully saturated rings. The highest BCUT2D eigenvalue weighted by molar-refractivity contribution is 5.91. The number of carbonyl (C=O) groups is 1. The molecular formula is C11H14O4. The van der Waals surface area contributed by atoms with Crippen LogP contribution in [0.15, 0.2) is 18.2 Å². The first-order valence-electron chi connectivity index (χ1n) is 4.82. The minimum atomic E-state index is -1.01. The average Bonchev–Trinajstić information content (AvgIpc) is 2.21. The summed E-state index contributed by atoms with van der Waals surface area (Å²) in [5.74, 6) is -0.105. The molecule has 0 unspecified atom stereocenters. The van der Waals surface area contributed by atoms with Crippen LogP contribution in [0.5, 0.6) is 11.5 Å². The molecule has 1 N–H and O–H groups in total. The lowest BCUT2D eigenvalue weighted by molar-refractivity contribution is 0.0692. The summed E-state index contributed by atoms with van der Waals surface area (Å²) in [4.78, 5) is 10.9. The second-order valence-electron chi connectivity index (χ2n) is 2.83. The first-order valence-corrected chi connectivity index (χ1v) is 4.82. The Morgan fingerprint density at radius 3 is 2.47 bits per heavy atom. The Kier molecular flexibility index (Phi) is 3.97. The van der Waals surface area contributed by atoms with E-state index in [0.29, 0.717) is 24.7 Å². The number of ether oxygens (including phenoxy) is 2. The maximum Gasteiger partial charge on any atom is 0.339 e. The summed E-state index contributed by atoms with van der Waals surface area (Å²) in [5.41, 5.74) is 0.128. The third kappa shape index (κ3) is 2.87. The van der Waals surface area contributed by atoms with Gasteiger partial charge < -0.3 is 14.6 Å². The molecule has 15 heavy (non-hydrogen) atoms. The van der Waals surface area contributed by atoms with Gasteiger partial charge in [0.25, 0.3) is 0 Å². The lowest BCUT2D eigenvalue weighted by Crippen LogP contribution is -2.03. The third-order valence-corrected chi connectivity index (χ3v) is 1.79. The van der Waals surface area contributed by atoms with Crippen molar-refractivity contribution < 1.29 is 19.4 Å². The number of hydrogen-bond acceptors (Lipinski definition) is 3. The molecule has 0 aliphatic rings. The van der Waals surface area contributed by atoms with Crippen LogP contribution in [-0.2, 0) is 0 Å². The van der Waals surface area contributed by atoms with Crippen molar-refractivity contribution in [3.63, 3.8) is 0 Å². The Morgan fingerprint density at radius 2 is 1.93 bits per heavy atom. The van der Waals surface area contributed by atoms with E-state index in [1.807, 2.05) is 13.8 Å². The van der Waals surface area contributed by atoms with Gasteiger partial charge in [-0.2, -0.15) is 0 Å². The molecule has 0 radical (unpaired) electrons. The molecule has 0 heterocycles. The lowest BCUT2D eigenvalue weighted by Gasteiger charge is -2.09. The second kappa shape index (κ2) is 5.24. The monoisotopic (exact) mass is 210 g/mol. The van der Waals surface area contributed by atoms with Gasteiger partial charge in [0.1, 0.15) is 17.1 Å². The van der Waals surface area contributed by atoms with Gasteiger partial charge in [-0.3, -0.25) is 0 Å². The highest BCUT2D eigenvalue weighted by atomic mass is 16.5. The fourth-order valence-electron chi connectivity index (χ4n) is 1.21. The first kappa shape index (κ1) is 11.4. The van der Waals surface area contributed by atoms with E-state index >= 15 is 0 Å². The van der Waals surface area contributed by atoms with Gasteiger partial charge in [0.2, 0.25) is 0 Å². The van der Waals surface area contributed by atoms with Crippen LogP contribution in [0.2, 0.25) is 0 Å². The van der Waals surface area contributed by atoms with Crippen molar-refractivity contribution in [2.45, 2.75) is 13.8 Å². The Morgan fingerprint density at radius 1 is 1.27 bits per heavy atom. The van der Waals surface area contributed by atoms with E-state index in [0.717, 1.165) is 0 Å². The van der Waals surface area contributed by atoms with Gasteiger partial charge in [0, 0.05) is 0 Å². The maximum absolute atomic E-state index is 10.9. The standard InChI is InChI=1S/C11H14O4/c1-3-14-8-5-6-10(15-4-2)9(7-8)11(12)13/h5-7H,3-4H2,1-2H3,(H,12,13). The molecule has 0 bridgehead atoms. The van der Waals surface area contributed by atoms with Crippen molar-refractivity contribution in [1.82, 2.24) is 0 Å². The van der Waals surface area contributed by atoms with E-state index in [1.165, 1.54) is 6.07 Å². The lowest BCUT2D eigenvalue weighted by atomic mass is 10.2. The van der Waals surface area contributed by atoms with Crippen LogP contribution in [0.1, 0.15) is 24.2 Å². The van der Waals surface area contributed by atoms with Crippen molar-refractivity contribution in [2.24, 2.45) is 0 Å². The second-order valence-corrected chi connectivity index (χ2v) is 2.83. The predicted octanol–water partition coefficient (Wildman–Crippen LogP) is 2.18. The number of benzene rings is 1. The fourth-order valence-corrected chi connectivity index (χ4v) is 1.21. The molecule has 82 valence electrons. The molecule has 0 saturated carbocycles. The zero-order chi connectivity index (χ0) is 11.3. The highest BCUT2D eigenvalue weighted by Gasteiger charge is 2.12. The van der Waals surface area contributed by atoms with Crippen LogP contribution in [-0.4, -0.2) is 24.3 Å². The molecule has 1 aromatic rings. The number of rotatable bonds is 5. The predicted molar refractivity (Wildman–Crippen MR) is 55.7 cm³/mol. The summed E-state index contributed by atoms with van der Waals surface area (Å²) in [6.07, 6.45) is 0. The number of aromatic carboxylic acids is 1. The number of carboxylic acids is 1. The summed E-state index contributed by atoms with van der Waals surface area (Å²) in [6, 6.07) is 4.77. The van der Waals surface area contributed by atoms with Crippen LogP contribution in [0.25, 0.3) is 0 Å². The SMILES string of the molecule is CCOc1ccc(OCC)c(C(=O)O)c1. The van der Waals surface area contributed by atoms with E-state index in [2.05, 4.69) is 0 Å². The van der Waals surface area contributed by atoms with Gasteiger partial charge in [-0.1, -0.05) is 0 Å². The third-order valence-electron chi connectivity index (χ3n) is 1.79. The molecule has 0 atom stereocenters. The van der Waals surface area contributed by atoms with Crippen molar-refractivity contribution in [2.75, 3.05) is 13.2 Å². The number of carboxylic acid groups (broad SMARTS) is 1. The summed E-state index contributed by atoms with van der Waals surface area (Å²) < 4.78 is 10.4. The molecule has 4 nitrogen and oxygen atoms in total. The van der Waals surface area contributed by atoms with Crippen LogP contribution in [0.4, 0.5) is 0 Å². The van der Waals surface area contributed by atoms with Crippen LogP contribution in [0, 0.1) is 0 Å². The Balaban J connectivity index is 3.03. The highest BCUT2D eigenvalue weighted by Crippen LogP contribution is 2.24. The Labute approximate surface area is 88.4 Å². The molecule has 0 aliphatic carbocycles. The van der Waals surface area contributed by atoms with E-state index in [1.54, 1.807) is 12.1 Å². The van der Waals surface area contributed by atoms with Gasteiger partial charge in [-0.05, 0) is 32.0 Å². The van der Waals surface area contributed by atoms with Gasteiger partial charge >= 0.3 is 5.97 Å². The molecule has 4 heteroatoms. The van der Waals surface area contributed by atoms with E-state index in [9.17, 15) is 4.79 Å². The quantitative estimate of drug-likeness (QED) is 0.809. The molecule has 0 amide bonds. The maximum atomic E-state index is 10.9. The summed E-state index contributed by atoms with van der Waals surface area (Å²) in [7, 11) is 0. The zero-order valence-corrected chi connectivity index (χ0v) is 8.82. The Bertz CT molecular complexity index is 346. The molecule has 0 spiro atoms. The number of hydrogen-bond donors (Lipinski definition) is 1. The Hall–Kier alpha value is -1.71. The smallest absolute Gasteiger partial charge is 0.339 e. The van der Waals surface area contributed by atoms with Crippen LogP contribution in [0.3, 0.4) is 0 Å². The van der Waals surface area contributed by atoms with Crippen LogP contribution >= 0.6 is 0 Å². The van der Waals surface area contributed by atoms with E-state index in [4.69, 9.17) is 14.6 Å². The normalized spacial score (nSPS) is 9.73. The molecule has 0 aliphatic heterocycles. The van der Waals surface area contributed by atoms with Crippen LogP contribution < -0.4 is 9.47 Å². The summed E-state index contributed by atoms with van der Waals surface area (Å²) >= 11 is 0. The van der Waals surface area contributed by atoms with Crippen molar-refractivity contribution in [1.29, 1.82) is 0 Å². The fraction of sp³-hybridized carbons (Fsp3) is 0.364. The van der Waals surface area contributed by atoms with Crippen molar-refractivity contribution in [3.8, 4) is 11.5 Å². The molecule has 1 rings (SSSR count).